The zero-order valence-electron chi connectivity index (χ0n) is 18.0. The van der Waals surface area contributed by atoms with Crippen LogP contribution in [0.3, 0.4) is 0 Å². The molecule has 1 amide bonds. The number of nitrogens with one attached hydrogen (secondary N) is 1. The lowest BCUT2D eigenvalue weighted by atomic mass is 10.1. The van der Waals surface area contributed by atoms with Gasteiger partial charge in [0.2, 0.25) is 10.0 Å². The van der Waals surface area contributed by atoms with Gasteiger partial charge in [-0.2, -0.15) is 4.31 Å². The van der Waals surface area contributed by atoms with Gasteiger partial charge in [-0.1, -0.05) is 20.3 Å². The van der Waals surface area contributed by atoms with E-state index in [0.29, 0.717) is 24.6 Å². The van der Waals surface area contributed by atoms with Crippen LogP contribution < -0.4 is 10.2 Å². The second kappa shape index (κ2) is 9.47. The Morgan fingerprint density at radius 2 is 1.52 bits per heavy atom. The molecule has 0 aliphatic carbocycles. The van der Waals surface area contributed by atoms with Gasteiger partial charge in [0.25, 0.3) is 5.91 Å². The van der Waals surface area contributed by atoms with Crippen LogP contribution in [0.15, 0.2) is 23.1 Å². The van der Waals surface area contributed by atoms with E-state index in [2.05, 4.69) is 24.1 Å². The average Bonchev–Trinajstić information content (AvgIpc) is 2.74. The molecule has 0 unspecified atom stereocenters. The van der Waals surface area contributed by atoms with E-state index in [-0.39, 0.29) is 16.8 Å². The highest BCUT2D eigenvalue weighted by molar-refractivity contribution is 7.89. The Bertz CT molecular complexity index is 811. The van der Waals surface area contributed by atoms with Crippen molar-refractivity contribution in [2.75, 3.05) is 31.1 Å². The standard InChI is InChI=1S/C22H35N3O3S/c1-17(2)18(3)23-22(26)19-10-11-20(24-12-6-4-7-13-24)21(16-19)29(27,28)25-14-8-5-9-15-25/h10-11,16-18H,4-9,12-15H2,1-3H3,(H,23,26)/t18-/m1/s1. The number of rotatable bonds is 6. The van der Waals surface area contributed by atoms with Crippen molar-refractivity contribution in [1.29, 1.82) is 0 Å². The number of anilines is 1. The van der Waals surface area contributed by atoms with E-state index in [0.717, 1.165) is 50.9 Å². The molecule has 1 aromatic carbocycles. The first-order valence-electron chi connectivity index (χ1n) is 11.0. The van der Waals surface area contributed by atoms with Crippen molar-refractivity contribution in [3.63, 3.8) is 0 Å². The monoisotopic (exact) mass is 421 g/mol. The van der Waals surface area contributed by atoms with E-state index in [1.165, 1.54) is 6.42 Å². The average molecular weight is 422 g/mol. The van der Waals surface area contributed by atoms with Gasteiger partial charge in [0.1, 0.15) is 4.90 Å². The fourth-order valence-corrected chi connectivity index (χ4v) is 5.71. The summed E-state index contributed by atoms with van der Waals surface area (Å²) in [6.45, 7) is 8.91. The zero-order chi connectivity index (χ0) is 21.0. The molecule has 29 heavy (non-hydrogen) atoms. The zero-order valence-corrected chi connectivity index (χ0v) is 18.8. The maximum Gasteiger partial charge on any atom is 0.251 e. The van der Waals surface area contributed by atoms with Gasteiger partial charge in [-0.3, -0.25) is 4.79 Å². The smallest absolute Gasteiger partial charge is 0.251 e. The Morgan fingerprint density at radius 1 is 0.931 bits per heavy atom. The summed E-state index contributed by atoms with van der Waals surface area (Å²) in [5.74, 6) is 0.0922. The van der Waals surface area contributed by atoms with Gasteiger partial charge in [-0.05, 0) is 63.1 Å². The van der Waals surface area contributed by atoms with Crippen LogP contribution in [0.1, 0.15) is 69.7 Å². The van der Waals surface area contributed by atoms with Crippen molar-refractivity contribution in [1.82, 2.24) is 9.62 Å². The Balaban J connectivity index is 1.98. The SMILES string of the molecule is CC(C)[C@@H](C)NC(=O)c1ccc(N2CCCCC2)c(S(=O)(=O)N2CCCCC2)c1. The Kier molecular flexibility index (Phi) is 7.22. The van der Waals surface area contributed by atoms with Gasteiger partial charge >= 0.3 is 0 Å². The molecule has 1 aromatic rings. The molecular formula is C22H35N3O3S. The van der Waals surface area contributed by atoms with E-state index in [4.69, 9.17) is 0 Å². The third-order valence-corrected chi connectivity index (χ3v) is 8.14. The maximum atomic E-state index is 13.5. The first kappa shape index (κ1) is 22.1. The summed E-state index contributed by atoms with van der Waals surface area (Å²) < 4.78 is 28.6. The molecule has 0 saturated carbocycles. The summed E-state index contributed by atoms with van der Waals surface area (Å²) in [4.78, 5) is 15.2. The van der Waals surface area contributed by atoms with E-state index >= 15 is 0 Å². The van der Waals surface area contributed by atoms with Crippen LogP contribution in [0.5, 0.6) is 0 Å². The van der Waals surface area contributed by atoms with Gasteiger partial charge in [0.05, 0.1) is 5.69 Å². The molecular weight excluding hydrogens is 386 g/mol. The van der Waals surface area contributed by atoms with Gasteiger partial charge in [-0.15, -0.1) is 0 Å². The summed E-state index contributed by atoms with van der Waals surface area (Å²) in [6, 6.07) is 5.21. The molecule has 0 bridgehead atoms. The first-order chi connectivity index (χ1) is 13.8. The van der Waals surface area contributed by atoms with E-state index in [1.54, 1.807) is 16.4 Å². The minimum Gasteiger partial charge on any atom is -0.370 e. The van der Waals surface area contributed by atoms with Gasteiger partial charge < -0.3 is 10.2 Å². The molecule has 2 aliphatic heterocycles. The quantitative estimate of drug-likeness (QED) is 0.762. The number of benzene rings is 1. The molecule has 2 heterocycles. The van der Waals surface area contributed by atoms with Crippen LogP contribution in [0.4, 0.5) is 5.69 Å². The Labute approximate surface area is 175 Å². The molecule has 7 heteroatoms. The molecule has 3 rings (SSSR count). The van der Waals surface area contributed by atoms with Crippen LogP contribution in [0.25, 0.3) is 0 Å². The molecule has 1 N–H and O–H groups in total. The summed E-state index contributed by atoms with van der Waals surface area (Å²) >= 11 is 0. The maximum absolute atomic E-state index is 13.5. The van der Waals surface area contributed by atoms with Crippen molar-refractivity contribution in [2.24, 2.45) is 5.92 Å². The van der Waals surface area contributed by atoms with Gasteiger partial charge in [0, 0.05) is 37.8 Å². The summed E-state index contributed by atoms with van der Waals surface area (Å²) in [7, 11) is -3.63. The van der Waals surface area contributed by atoms with E-state index in [9.17, 15) is 13.2 Å². The molecule has 6 nitrogen and oxygen atoms in total. The molecule has 0 spiro atoms. The lowest BCUT2D eigenvalue weighted by Crippen LogP contribution is -2.38. The molecule has 0 radical (unpaired) electrons. The minimum atomic E-state index is -3.63. The molecule has 2 saturated heterocycles. The van der Waals surface area contributed by atoms with Crippen molar-refractivity contribution < 1.29 is 13.2 Å². The van der Waals surface area contributed by atoms with Crippen molar-refractivity contribution in [2.45, 2.75) is 70.2 Å². The second-order valence-corrected chi connectivity index (χ2v) is 10.6. The predicted molar refractivity (Wildman–Crippen MR) is 117 cm³/mol. The van der Waals surface area contributed by atoms with Crippen molar-refractivity contribution in [3.8, 4) is 0 Å². The van der Waals surface area contributed by atoms with E-state index in [1.807, 2.05) is 13.0 Å². The third kappa shape index (κ3) is 5.12. The lowest BCUT2D eigenvalue weighted by molar-refractivity contribution is 0.0930. The fraction of sp³-hybridized carbons (Fsp3) is 0.682. The van der Waals surface area contributed by atoms with Crippen LogP contribution in [0, 0.1) is 5.92 Å². The Morgan fingerprint density at radius 3 is 2.10 bits per heavy atom. The predicted octanol–water partition coefficient (Wildman–Crippen LogP) is 3.63. The molecule has 2 fully saturated rings. The van der Waals surface area contributed by atoms with Crippen molar-refractivity contribution >= 4 is 21.6 Å². The van der Waals surface area contributed by atoms with Gasteiger partial charge in [-0.25, -0.2) is 8.42 Å². The van der Waals surface area contributed by atoms with Crippen LogP contribution in [-0.4, -0.2) is 50.9 Å². The number of hydrogen-bond donors (Lipinski definition) is 1. The van der Waals surface area contributed by atoms with Crippen molar-refractivity contribution in [3.05, 3.63) is 23.8 Å². The fourth-order valence-electron chi connectivity index (χ4n) is 3.96. The third-order valence-electron chi connectivity index (χ3n) is 6.21. The van der Waals surface area contributed by atoms with E-state index < -0.39 is 10.0 Å². The summed E-state index contributed by atoms with van der Waals surface area (Å²) in [6.07, 6.45) is 6.17. The van der Waals surface area contributed by atoms with Gasteiger partial charge in [0.15, 0.2) is 0 Å². The number of sulfonamides is 1. The normalized spacial score (nSPS) is 19.9. The molecule has 1 atom stereocenters. The first-order valence-corrected chi connectivity index (χ1v) is 12.4. The molecule has 2 aliphatic rings. The largest absolute Gasteiger partial charge is 0.370 e. The summed E-state index contributed by atoms with van der Waals surface area (Å²) in [5, 5.41) is 2.99. The number of carbonyl (C=O) groups is 1. The van der Waals surface area contributed by atoms with Crippen LogP contribution in [0.2, 0.25) is 0 Å². The number of nitrogens with zero attached hydrogens (tertiary/aromatic N) is 2. The highest BCUT2D eigenvalue weighted by Gasteiger charge is 2.31. The minimum absolute atomic E-state index is 0.0198. The highest BCUT2D eigenvalue weighted by Crippen LogP contribution is 2.32. The summed E-state index contributed by atoms with van der Waals surface area (Å²) in [5.41, 5.74) is 1.15. The topological polar surface area (TPSA) is 69.7 Å². The number of carbonyl (C=O) groups excluding carboxylic acids is 1. The molecule has 162 valence electrons. The second-order valence-electron chi connectivity index (χ2n) is 8.70. The number of amides is 1. The molecule has 0 aromatic heterocycles. The van der Waals surface area contributed by atoms with Crippen LogP contribution in [-0.2, 0) is 10.0 Å². The van der Waals surface area contributed by atoms with Crippen LogP contribution >= 0.6 is 0 Å². The lowest BCUT2D eigenvalue weighted by Gasteiger charge is -2.33. The number of piperidine rings is 2. The Hall–Kier alpha value is -1.60. The number of hydrogen-bond acceptors (Lipinski definition) is 4. The highest BCUT2D eigenvalue weighted by atomic mass is 32.2.